The number of nitrogens with zero attached hydrogens (tertiary/aromatic N) is 2. The van der Waals surface area contributed by atoms with E-state index in [1.165, 1.54) is 0 Å². The molecule has 2 rings (SSSR count). The molecule has 0 fully saturated rings. The van der Waals surface area contributed by atoms with Gasteiger partial charge in [-0.3, -0.25) is 0 Å². The van der Waals surface area contributed by atoms with E-state index < -0.39 is 0 Å². The lowest BCUT2D eigenvalue weighted by atomic mass is 10.1. The number of aliphatic hydroxyl groups excluding tert-OH is 1. The summed E-state index contributed by atoms with van der Waals surface area (Å²) in [6.07, 6.45) is 2.83. The molecule has 0 radical (unpaired) electrons. The van der Waals surface area contributed by atoms with Gasteiger partial charge in [-0.1, -0.05) is 30.4 Å². The van der Waals surface area contributed by atoms with Gasteiger partial charge in [0.25, 0.3) is 0 Å². The van der Waals surface area contributed by atoms with Crippen molar-refractivity contribution in [2.45, 2.75) is 19.3 Å². The standard InChI is InChI=1S/C16H21N3OS/c1-19(9-5-2-6-10-20)16-13(15(17)21)11-12-7-3-4-8-14(12)18-16/h3-4,7-8,11,20H,2,5-6,9-10H2,1H3,(H2,17,21). The Kier molecular flexibility index (Phi) is 5.47. The van der Waals surface area contributed by atoms with Crippen LogP contribution in [-0.2, 0) is 0 Å². The number of para-hydroxylation sites is 1. The van der Waals surface area contributed by atoms with Gasteiger partial charge in [-0.05, 0) is 31.4 Å². The van der Waals surface area contributed by atoms with Gasteiger partial charge in [0.05, 0.1) is 11.1 Å². The van der Waals surface area contributed by atoms with E-state index in [4.69, 9.17) is 28.0 Å². The molecule has 1 aromatic carbocycles. The number of rotatable bonds is 7. The van der Waals surface area contributed by atoms with Crippen molar-refractivity contribution in [1.29, 1.82) is 0 Å². The number of benzene rings is 1. The van der Waals surface area contributed by atoms with Crippen molar-refractivity contribution < 1.29 is 5.11 Å². The Morgan fingerprint density at radius 1 is 1.29 bits per heavy atom. The van der Waals surface area contributed by atoms with Gasteiger partial charge in [-0.2, -0.15) is 0 Å². The first-order valence-corrected chi connectivity index (χ1v) is 7.56. The number of hydrogen-bond donors (Lipinski definition) is 2. The van der Waals surface area contributed by atoms with Crippen LogP contribution in [0.15, 0.2) is 30.3 Å². The van der Waals surface area contributed by atoms with Gasteiger partial charge in [0.2, 0.25) is 0 Å². The summed E-state index contributed by atoms with van der Waals surface area (Å²) >= 11 is 5.16. The van der Waals surface area contributed by atoms with E-state index in [1.807, 2.05) is 37.4 Å². The summed E-state index contributed by atoms with van der Waals surface area (Å²) in [5.41, 5.74) is 7.60. The van der Waals surface area contributed by atoms with Gasteiger partial charge in [0, 0.05) is 25.6 Å². The summed E-state index contributed by atoms with van der Waals surface area (Å²) in [7, 11) is 2.00. The summed E-state index contributed by atoms with van der Waals surface area (Å²) in [5.74, 6) is 0.824. The lowest BCUT2D eigenvalue weighted by Gasteiger charge is -2.21. The molecule has 0 atom stereocenters. The third-order valence-electron chi connectivity index (χ3n) is 3.48. The van der Waals surface area contributed by atoms with Gasteiger partial charge in [0.15, 0.2) is 0 Å². The minimum absolute atomic E-state index is 0.246. The van der Waals surface area contributed by atoms with Crippen LogP contribution in [-0.4, -0.2) is 35.3 Å². The lowest BCUT2D eigenvalue weighted by molar-refractivity contribution is 0.283. The summed E-state index contributed by atoms with van der Waals surface area (Å²) < 4.78 is 0. The van der Waals surface area contributed by atoms with E-state index in [2.05, 4.69) is 4.90 Å². The fourth-order valence-electron chi connectivity index (χ4n) is 2.32. The number of nitrogens with two attached hydrogens (primary N) is 1. The molecule has 1 aromatic heterocycles. The second kappa shape index (κ2) is 7.33. The Morgan fingerprint density at radius 3 is 2.76 bits per heavy atom. The van der Waals surface area contributed by atoms with Crippen LogP contribution in [0.5, 0.6) is 0 Å². The normalized spacial score (nSPS) is 10.8. The first-order chi connectivity index (χ1) is 10.1. The van der Waals surface area contributed by atoms with Crippen molar-refractivity contribution in [3.05, 3.63) is 35.9 Å². The van der Waals surface area contributed by atoms with Crippen LogP contribution < -0.4 is 10.6 Å². The molecule has 1 heterocycles. The smallest absolute Gasteiger partial charge is 0.139 e. The van der Waals surface area contributed by atoms with Gasteiger partial charge < -0.3 is 15.7 Å². The minimum Gasteiger partial charge on any atom is -0.396 e. The number of thiocarbonyl (C=S) groups is 1. The van der Waals surface area contributed by atoms with Crippen molar-refractivity contribution in [1.82, 2.24) is 4.98 Å². The van der Waals surface area contributed by atoms with Crippen molar-refractivity contribution in [2.24, 2.45) is 5.73 Å². The van der Waals surface area contributed by atoms with Crippen molar-refractivity contribution in [2.75, 3.05) is 25.1 Å². The number of anilines is 1. The second-order valence-electron chi connectivity index (χ2n) is 5.12. The highest BCUT2D eigenvalue weighted by Crippen LogP contribution is 2.23. The molecule has 0 aliphatic heterocycles. The van der Waals surface area contributed by atoms with Crippen molar-refractivity contribution in [3.63, 3.8) is 0 Å². The van der Waals surface area contributed by atoms with Crippen LogP contribution >= 0.6 is 12.2 Å². The highest BCUT2D eigenvalue weighted by molar-refractivity contribution is 7.80. The van der Waals surface area contributed by atoms with E-state index in [-0.39, 0.29) is 6.61 Å². The Balaban J connectivity index is 2.27. The first-order valence-electron chi connectivity index (χ1n) is 7.15. The zero-order chi connectivity index (χ0) is 15.2. The second-order valence-corrected chi connectivity index (χ2v) is 5.56. The highest BCUT2D eigenvalue weighted by Gasteiger charge is 2.13. The topological polar surface area (TPSA) is 62.4 Å². The van der Waals surface area contributed by atoms with Crippen LogP contribution in [0.1, 0.15) is 24.8 Å². The summed E-state index contributed by atoms with van der Waals surface area (Å²) in [6.45, 7) is 1.11. The van der Waals surface area contributed by atoms with Crippen LogP contribution in [0, 0.1) is 0 Å². The van der Waals surface area contributed by atoms with E-state index in [0.717, 1.165) is 48.1 Å². The number of pyridine rings is 1. The fourth-order valence-corrected chi connectivity index (χ4v) is 2.47. The molecule has 21 heavy (non-hydrogen) atoms. The molecule has 3 N–H and O–H groups in total. The predicted octanol–water partition coefficient (Wildman–Crippen LogP) is 2.47. The molecular weight excluding hydrogens is 282 g/mol. The van der Waals surface area contributed by atoms with E-state index in [0.29, 0.717) is 4.99 Å². The van der Waals surface area contributed by atoms with E-state index in [9.17, 15) is 0 Å². The quantitative estimate of drug-likeness (QED) is 0.608. The molecule has 0 spiro atoms. The van der Waals surface area contributed by atoms with Crippen LogP contribution in [0.25, 0.3) is 10.9 Å². The van der Waals surface area contributed by atoms with Crippen molar-refractivity contribution >= 4 is 33.9 Å². The monoisotopic (exact) mass is 303 g/mol. The number of aliphatic hydroxyl groups is 1. The van der Waals surface area contributed by atoms with Gasteiger partial charge in [-0.25, -0.2) is 4.98 Å². The van der Waals surface area contributed by atoms with Gasteiger partial charge >= 0.3 is 0 Å². The third kappa shape index (κ3) is 3.89. The first kappa shape index (κ1) is 15.7. The molecule has 4 nitrogen and oxygen atoms in total. The molecule has 5 heteroatoms. The molecule has 0 saturated carbocycles. The SMILES string of the molecule is CN(CCCCCO)c1nc2ccccc2cc1C(N)=S. The largest absolute Gasteiger partial charge is 0.396 e. The van der Waals surface area contributed by atoms with E-state index in [1.54, 1.807) is 0 Å². The number of fused-ring (bicyclic) bond motifs is 1. The van der Waals surface area contributed by atoms with Crippen LogP contribution in [0.2, 0.25) is 0 Å². The maximum atomic E-state index is 8.82. The molecule has 0 amide bonds. The van der Waals surface area contributed by atoms with Gasteiger partial charge in [0.1, 0.15) is 10.8 Å². The average Bonchev–Trinajstić information content (AvgIpc) is 2.50. The molecular formula is C16H21N3OS. The fraction of sp³-hybridized carbons (Fsp3) is 0.375. The van der Waals surface area contributed by atoms with Crippen LogP contribution in [0.3, 0.4) is 0 Å². The maximum absolute atomic E-state index is 8.82. The summed E-state index contributed by atoms with van der Waals surface area (Å²) in [5, 5.41) is 9.86. The molecule has 0 saturated heterocycles. The zero-order valence-electron chi connectivity index (χ0n) is 12.2. The molecule has 0 bridgehead atoms. The summed E-state index contributed by atoms with van der Waals surface area (Å²) in [4.78, 5) is 7.15. The molecule has 0 unspecified atom stereocenters. The Bertz CT molecular complexity index is 630. The molecule has 112 valence electrons. The average molecular weight is 303 g/mol. The number of hydrogen-bond acceptors (Lipinski definition) is 4. The maximum Gasteiger partial charge on any atom is 0.139 e. The lowest BCUT2D eigenvalue weighted by Crippen LogP contribution is -2.24. The van der Waals surface area contributed by atoms with Gasteiger partial charge in [-0.15, -0.1) is 0 Å². The number of unbranched alkanes of at least 4 members (excludes halogenated alkanes) is 2. The Hall–Kier alpha value is -1.72. The van der Waals surface area contributed by atoms with E-state index >= 15 is 0 Å². The van der Waals surface area contributed by atoms with Crippen LogP contribution in [0.4, 0.5) is 5.82 Å². The Morgan fingerprint density at radius 2 is 2.05 bits per heavy atom. The zero-order valence-corrected chi connectivity index (χ0v) is 13.1. The molecule has 0 aliphatic carbocycles. The highest BCUT2D eigenvalue weighted by atomic mass is 32.1. The minimum atomic E-state index is 0.246. The predicted molar refractivity (Wildman–Crippen MR) is 91.8 cm³/mol. The Labute approximate surface area is 130 Å². The van der Waals surface area contributed by atoms with Crippen molar-refractivity contribution in [3.8, 4) is 0 Å². The number of aromatic nitrogens is 1. The third-order valence-corrected chi connectivity index (χ3v) is 3.70. The summed E-state index contributed by atoms with van der Waals surface area (Å²) in [6, 6.07) is 9.95. The molecule has 0 aliphatic rings. The molecule has 2 aromatic rings.